The molecule has 1 heterocycles. The Morgan fingerprint density at radius 1 is 1.03 bits per heavy atom. The molecule has 0 aromatic heterocycles. The van der Waals surface area contributed by atoms with E-state index in [0.717, 1.165) is 29.3 Å². The first kappa shape index (κ1) is 21.0. The van der Waals surface area contributed by atoms with Gasteiger partial charge in [-0.05, 0) is 61.4 Å². The molecule has 2 aromatic rings. The lowest BCUT2D eigenvalue weighted by molar-refractivity contribution is -0.122. The summed E-state index contributed by atoms with van der Waals surface area (Å²) < 4.78 is 11.7. The predicted octanol–water partition coefficient (Wildman–Crippen LogP) is 5.42. The van der Waals surface area contributed by atoms with E-state index in [4.69, 9.17) is 9.47 Å². The van der Waals surface area contributed by atoms with Crippen LogP contribution in [-0.4, -0.2) is 29.2 Å². The summed E-state index contributed by atoms with van der Waals surface area (Å²) in [5, 5.41) is -0.216. The number of imide groups is 1. The van der Waals surface area contributed by atoms with E-state index in [1.54, 1.807) is 6.08 Å². The number of benzene rings is 2. The number of ether oxygens (including phenoxy) is 2. The van der Waals surface area contributed by atoms with Gasteiger partial charge in [-0.1, -0.05) is 42.8 Å². The van der Waals surface area contributed by atoms with Gasteiger partial charge in [-0.25, -0.2) is 0 Å². The van der Waals surface area contributed by atoms with Crippen molar-refractivity contribution in [2.75, 3.05) is 13.2 Å². The Bertz CT molecular complexity index is 938. The summed E-state index contributed by atoms with van der Waals surface area (Å²) in [5.41, 5.74) is 3.06. The molecule has 3 rings (SSSR count). The Morgan fingerprint density at radius 3 is 2.59 bits per heavy atom. The molecule has 1 aliphatic heterocycles. The van der Waals surface area contributed by atoms with Gasteiger partial charge in [-0.3, -0.25) is 14.5 Å². The van der Waals surface area contributed by atoms with Gasteiger partial charge in [0.2, 0.25) is 0 Å². The molecule has 5 nitrogen and oxygen atoms in total. The van der Waals surface area contributed by atoms with Crippen LogP contribution in [0, 0.1) is 6.92 Å². The van der Waals surface area contributed by atoms with Gasteiger partial charge in [-0.2, -0.15) is 0 Å². The SMILES string of the molecule is CCCN1C(=O)S/C(=C/c2ccc(OCc3cccc(C)c3)c(OCC)c2)C1=O. The van der Waals surface area contributed by atoms with E-state index in [1.165, 1.54) is 10.5 Å². The number of carbonyl (C=O) groups is 2. The Balaban J connectivity index is 1.79. The first-order valence-electron chi connectivity index (χ1n) is 9.72. The van der Waals surface area contributed by atoms with Crippen molar-refractivity contribution < 1.29 is 19.1 Å². The fourth-order valence-corrected chi connectivity index (χ4v) is 3.90. The Kier molecular flexibility index (Phi) is 6.99. The van der Waals surface area contributed by atoms with Crippen LogP contribution < -0.4 is 9.47 Å². The van der Waals surface area contributed by atoms with E-state index in [9.17, 15) is 9.59 Å². The molecule has 6 heteroatoms. The molecule has 1 saturated heterocycles. The minimum Gasteiger partial charge on any atom is -0.490 e. The molecule has 0 atom stereocenters. The minimum absolute atomic E-state index is 0.216. The van der Waals surface area contributed by atoms with Crippen molar-refractivity contribution in [2.24, 2.45) is 0 Å². The van der Waals surface area contributed by atoms with Gasteiger partial charge in [0.15, 0.2) is 11.5 Å². The van der Waals surface area contributed by atoms with Gasteiger partial charge >= 0.3 is 0 Å². The summed E-state index contributed by atoms with van der Waals surface area (Å²) in [6.45, 7) is 7.28. The highest BCUT2D eigenvalue weighted by atomic mass is 32.2. The van der Waals surface area contributed by atoms with Crippen molar-refractivity contribution in [3.8, 4) is 11.5 Å². The summed E-state index contributed by atoms with van der Waals surface area (Å²) >= 11 is 0.975. The molecule has 0 aliphatic carbocycles. The van der Waals surface area contributed by atoms with Crippen LogP contribution in [0.5, 0.6) is 11.5 Å². The van der Waals surface area contributed by atoms with Crippen molar-refractivity contribution in [2.45, 2.75) is 33.8 Å². The van der Waals surface area contributed by atoms with Crippen LogP contribution in [0.3, 0.4) is 0 Å². The molecule has 0 saturated carbocycles. The molecule has 0 spiro atoms. The summed E-state index contributed by atoms with van der Waals surface area (Å²) in [4.78, 5) is 26.2. The summed E-state index contributed by atoms with van der Waals surface area (Å²) in [7, 11) is 0. The van der Waals surface area contributed by atoms with Crippen LogP contribution in [0.2, 0.25) is 0 Å². The largest absolute Gasteiger partial charge is 0.490 e. The van der Waals surface area contributed by atoms with Gasteiger partial charge in [-0.15, -0.1) is 0 Å². The number of hydrogen-bond donors (Lipinski definition) is 0. The zero-order chi connectivity index (χ0) is 20.8. The zero-order valence-corrected chi connectivity index (χ0v) is 17.8. The summed E-state index contributed by atoms with van der Waals surface area (Å²) in [5.74, 6) is 1.02. The third-order valence-electron chi connectivity index (χ3n) is 4.36. The number of rotatable bonds is 8. The molecule has 152 valence electrons. The molecule has 0 N–H and O–H groups in total. The average molecular weight is 412 g/mol. The zero-order valence-electron chi connectivity index (χ0n) is 16.9. The van der Waals surface area contributed by atoms with Crippen molar-refractivity contribution in [3.05, 3.63) is 64.1 Å². The third kappa shape index (κ3) is 5.21. The number of aryl methyl sites for hydroxylation is 1. The highest BCUT2D eigenvalue weighted by Gasteiger charge is 2.34. The van der Waals surface area contributed by atoms with Crippen molar-refractivity contribution in [1.29, 1.82) is 0 Å². The standard InChI is InChI=1S/C23H25NO4S/c1-4-11-24-22(25)21(29-23(24)26)14-17-9-10-19(20(13-17)27-5-2)28-15-18-8-6-7-16(3)12-18/h6-10,12-14H,4-5,11,15H2,1-3H3/b21-14+. The maximum atomic E-state index is 12.4. The predicted molar refractivity (Wildman–Crippen MR) is 116 cm³/mol. The van der Waals surface area contributed by atoms with E-state index in [-0.39, 0.29) is 11.1 Å². The fraction of sp³-hybridized carbons (Fsp3) is 0.304. The topological polar surface area (TPSA) is 55.8 Å². The first-order chi connectivity index (χ1) is 14.0. The van der Waals surface area contributed by atoms with Crippen LogP contribution in [-0.2, 0) is 11.4 Å². The molecular weight excluding hydrogens is 386 g/mol. The van der Waals surface area contributed by atoms with Crippen LogP contribution in [0.15, 0.2) is 47.4 Å². The van der Waals surface area contributed by atoms with Crippen molar-refractivity contribution in [3.63, 3.8) is 0 Å². The number of carbonyl (C=O) groups excluding carboxylic acids is 2. The van der Waals surface area contributed by atoms with Gasteiger partial charge in [0, 0.05) is 6.54 Å². The summed E-state index contributed by atoms with van der Waals surface area (Å²) in [6.07, 6.45) is 2.47. The Labute approximate surface area is 175 Å². The molecular formula is C23H25NO4S. The highest BCUT2D eigenvalue weighted by Crippen LogP contribution is 2.35. The van der Waals surface area contributed by atoms with Crippen LogP contribution in [0.25, 0.3) is 6.08 Å². The monoisotopic (exact) mass is 411 g/mol. The van der Waals surface area contributed by atoms with E-state index in [2.05, 4.69) is 6.07 Å². The number of thioether (sulfide) groups is 1. The second kappa shape index (κ2) is 9.65. The number of nitrogens with zero attached hydrogens (tertiary/aromatic N) is 1. The first-order valence-corrected chi connectivity index (χ1v) is 10.5. The molecule has 0 bridgehead atoms. The van der Waals surface area contributed by atoms with Gasteiger partial charge < -0.3 is 9.47 Å². The lowest BCUT2D eigenvalue weighted by Gasteiger charge is -2.13. The number of hydrogen-bond acceptors (Lipinski definition) is 5. The van der Waals surface area contributed by atoms with Crippen LogP contribution in [0.1, 0.15) is 37.0 Å². The molecule has 1 aliphatic rings. The van der Waals surface area contributed by atoms with Gasteiger partial charge in [0.25, 0.3) is 11.1 Å². The Morgan fingerprint density at radius 2 is 1.86 bits per heavy atom. The molecule has 2 aromatic carbocycles. The average Bonchev–Trinajstić information content (AvgIpc) is 2.95. The fourth-order valence-electron chi connectivity index (χ4n) is 3.03. The van der Waals surface area contributed by atoms with Crippen molar-refractivity contribution >= 4 is 29.0 Å². The third-order valence-corrected chi connectivity index (χ3v) is 5.27. The normalized spacial score (nSPS) is 15.3. The second-order valence-corrected chi connectivity index (χ2v) is 7.74. The van der Waals surface area contributed by atoms with Gasteiger partial charge in [0.1, 0.15) is 6.61 Å². The maximum Gasteiger partial charge on any atom is 0.293 e. The van der Waals surface area contributed by atoms with Crippen LogP contribution >= 0.6 is 11.8 Å². The molecule has 0 unspecified atom stereocenters. The quantitative estimate of drug-likeness (QED) is 0.543. The lowest BCUT2D eigenvalue weighted by atomic mass is 10.1. The van der Waals surface area contributed by atoms with E-state index in [1.807, 2.05) is 57.2 Å². The highest BCUT2D eigenvalue weighted by molar-refractivity contribution is 8.18. The maximum absolute atomic E-state index is 12.4. The van der Waals surface area contributed by atoms with Gasteiger partial charge in [0.05, 0.1) is 11.5 Å². The second-order valence-electron chi connectivity index (χ2n) is 6.75. The molecule has 2 amide bonds. The molecule has 0 radical (unpaired) electrons. The molecule has 29 heavy (non-hydrogen) atoms. The Hall–Kier alpha value is -2.73. The van der Waals surface area contributed by atoms with Crippen molar-refractivity contribution in [1.82, 2.24) is 4.90 Å². The minimum atomic E-state index is -0.236. The summed E-state index contributed by atoms with van der Waals surface area (Å²) in [6, 6.07) is 13.7. The molecule has 1 fully saturated rings. The van der Waals surface area contributed by atoms with E-state index < -0.39 is 0 Å². The number of amides is 2. The smallest absolute Gasteiger partial charge is 0.293 e. The van der Waals surface area contributed by atoms with E-state index in [0.29, 0.717) is 36.2 Å². The lowest BCUT2D eigenvalue weighted by Crippen LogP contribution is -2.28. The van der Waals surface area contributed by atoms with Crippen LogP contribution in [0.4, 0.5) is 4.79 Å². The van der Waals surface area contributed by atoms with E-state index >= 15 is 0 Å².